The number of nitrogens with one attached hydrogen (secondary N) is 4. The van der Waals surface area contributed by atoms with Gasteiger partial charge in [-0.15, -0.1) is 5.10 Å². The Morgan fingerprint density at radius 3 is 2.97 bits per heavy atom. The summed E-state index contributed by atoms with van der Waals surface area (Å²) in [5.74, 6) is 1.44. The molecule has 36 heavy (non-hydrogen) atoms. The zero-order chi connectivity index (χ0) is 24.6. The number of aromatic nitrogens is 6. The summed E-state index contributed by atoms with van der Waals surface area (Å²) in [6, 6.07) is 7.75. The van der Waals surface area contributed by atoms with Crippen molar-refractivity contribution in [3.63, 3.8) is 0 Å². The molecule has 6 rings (SSSR count). The smallest absolute Gasteiger partial charge is 0.246 e. The van der Waals surface area contributed by atoms with Crippen LogP contribution in [0.5, 0.6) is 0 Å². The lowest BCUT2D eigenvalue weighted by Crippen LogP contribution is -2.78. The molecule has 1 aliphatic heterocycles. The van der Waals surface area contributed by atoms with Gasteiger partial charge in [-0.3, -0.25) is 15.3 Å². The van der Waals surface area contributed by atoms with E-state index in [0.29, 0.717) is 42.0 Å². The molecule has 0 aromatic carbocycles. The molecule has 4 N–H and O–H groups in total. The Labute approximate surface area is 204 Å². The first-order valence-electron chi connectivity index (χ1n) is 11.8. The van der Waals surface area contributed by atoms with E-state index >= 15 is 0 Å². The van der Waals surface area contributed by atoms with Crippen LogP contribution in [0.2, 0.25) is 0 Å². The summed E-state index contributed by atoms with van der Waals surface area (Å²) < 4.78 is 14.9. The van der Waals surface area contributed by atoms with Gasteiger partial charge in [-0.25, -0.2) is 9.50 Å². The van der Waals surface area contributed by atoms with Crippen molar-refractivity contribution in [1.82, 2.24) is 35.2 Å². The minimum atomic E-state index is -0.596. The van der Waals surface area contributed by atoms with Crippen molar-refractivity contribution in [3.05, 3.63) is 65.5 Å². The van der Waals surface area contributed by atoms with E-state index in [4.69, 9.17) is 4.98 Å². The first-order chi connectivity index (χ1) is 17.6. The summed E-state index contributed by atoms with van der Waals surface area (Å²) in [5, 5.41) is 17.4. The van der Waals surface area contributed by atoms with Gasteiger partial charge in [-0.05, 0) is 43.0 Å². The average Bonchev–Trinajstić information content (AvgIpc) is 3.25. The van der Waals surface area contributed by atoms with Crippen molar-refractivity contribution in [2.75, 3.05) is 16.8 Å². The summed E-state index contributed by atoms with van der Waals surface area (Å²) in [6.45, 7) is 0.381. The van der Waals surface area contributed by atoms with Crippen molar-refractivity contribution in [3.8, 4) is 0 Å². The van der Waals surface area contributed by atoms with E-state index < -0.39 is 12.0 Å². The number of anilines is 3. The molecule has 0 amide bonds. The molecule has 2 aliphatic rings. The van der Waals surface area contributed by atoms with Crippen molar-refractivity contribution in [2.45, 2.75) is 43.7 Å². The van der Waals surface area contributed by atoms with Crippen LogP contribution < -0.4 is 20.9 Å². The standard InChI is InChI=1S/C23H24FN11O/c24-20-6-3-13(11-26-20)8-19(36)18-9-15(29-33-25)12-34(18)23-28-22(17-2-1-7-35(17)32-23)27-21-10-16(30-31-21)14-4-5-14/h1-3,6-7,10-11,14-15,18,33H,4-5,8-9,12H2,(H3-,25,27,28,29,30,31,32)/t15-,18-/m0/s1. The molecule has 13 heteroatoms. The third kappa shape index (κ3) is 4.34. The maximum absolute atomic E-state index is 13.3. The van der Waals surface area contributed by atoms with Gasteiger partial charge in [-0.1, -0.05) is 6.07 Å². The largest absolute Gasteiger partial charge is 0.329 e. The molecule has 2 atom stereocenters. The highest BCUT2D eigenvalue weighted by Crippen LogP contribution is 2.39. The number of Topliss-reactive ketones (excluding diaryl/α,β-unsaturated/α-hetero) is 1. The number of hydrogen-bond donors (Lipinski definition) is 4. The van der Waals surface area contributed by atoms with E-state index in [2.05, 4.69) is 31.0 Å². The molecule has 4 aromatic rings. The van der Waals surface area contributed by atoms with E-state index in [1.54, 1.807) is 10.6 Å². The Morgan fingerprint density at radius 1 is 1.31 bits per heavy atom. The number of H-pyrrole nitrogens is 1. The molecule has 12 nitrogen and oxygen atoms in total. The van der Waals surface area contributed by atoms with Crippen LogP contribution in [0, 0.1) is 5.95 Å². The normalized spacial score (nSPS) is 19.5. The van der Waals surface area contributed by atoms with Gasteiger partial charge >= 0.3 is 0 Å². The van der Waals surface area contributed by atoms with Crippen LogP contribution in [0.4, 0.5) is 22.0 Å². The van der Waals surface area contributed by atoms with Gasteiger partial charge in [0.2, 0.25) is 11.9 Å². The lowest BCUT2D eigenvalue weighted by molar-refractivity contribution is -0.554. The first kappa shape index (κ1) is 22.1. The van der Waals surface area contributed by atoms with Crippen molar-refractivity contribution in [1.29, 1.82) is 0 Å². The minimum absolute atomic E-state index is 0.0851. The molecule has 0 spiro atoms. The van der Waals surface area contributed by atoms with E-state index in [-0.39, 0.29) is 18.2 Å². The Bertz CT molecular complexity index is 1410. The van der Waals surface area contributed by atoms with Crippen molar-refractivity contribution in [2.24, 2.45) is 0 Å². The van der Waals surface area contributed by atoms with Crippen LogP contribution >= 0.6 is 0 Å². The number of hydrogen-bond acceptors (Lipinski definition) is 7. The zero-order valence-electron chi connectivity index (χ0n) is 19.2. The third-order valence-electron chi connectivity index (χ3n) is 6.61. The number of ketones is 1. The number of carbonyl (C=O) groups excluding carboxylic acids is 1. The van der Waals surface area contributed by atoms with Gasteiger partial charge < -0.3 is 10.2 Å². The van der Waals surface area contributed by atoms with Crippen molar-refractivity contribution >= 4 is 28.9 Å². The fourth-order valence-electron chi connectivity index (χ4n) is 4.65. The predicted molar refractivity (Wildman–Crippen MR) is 127 cm³/mol. The van der Waals surface area contributed by atoms with E-state index in [9.17, 15) is 14.7 Å². The summed E-state index contributed by atoms with van der Waals surface area (Å²) in [5.41, 5.74) is 14.4. The number of hydrazine groups is 1. The number of nitrogens with zero attached hydrogens (tertiary/aromatic N) is 7. The minimum Gasteiger partial charge on any atom is -0.329 e. The third-order valence-corrected chi connectivity index (χ3v) is 6.61. The first-order valence-corrected chi connectivity index (χ1v) is 11.8. The van der Waals surface area contributed by atoms with Crippen LogP contribution in [0.3, 0.4) is 0 Å². The number of aromatic amines is 1. The Morgan fingerprint density at radius 2 is 2.19 bits per heavy atom. The number of fused-ring (bicyclic) bond motifs is 1. The molecule has 184 valence electrons. The number of carbonyl (C=O) groups is 1. The highest BCUT2D eigenvalue weighted by molar-refractivity contribution is 5.89. The predicted octanol–water partition coefficient (Wildman–Crippen LogP) is 0.973. The maximum Gasteiger partial charge on any atom is 0.246 e. The van der Waals surface area contributed by atoms with Gasteiger partial charge in [0.05, 0.1) is 6.04 Å². The van der Waals surface area contributed by atoms with Gasteiger partial charge in [0.1, 0.15) is 5.52 Å². The second-order valence-electron chi connectivity index (χ2n) is 9.20. The topological polar surface area (TPSA) is 152 Å². The number of rotatable bonds is 9. The summed E-state index contributed by atoms with van der Waals surface area (Å²) in [4.78, 5) is 23.6. The lowest BCUT2D eigenvalue weighted by atomic mass is 10.0. The van der Waals surface area contributed by atoms with Crippen LogP contribution in [-0.4, -0.2) is 54.2 Å². The molecule has 0 radical (unpaired) electrons. The maximum atomic E-state index is 13.3. The van der Waals surface area contributed by atoms with Gasteiger partial charge in [0.15, 0.2) is 17.4 Å². The molecule has 2 fully saturated rings. The molecule has 1 saturated carbocycles. The Balaban J connectivity index is 1.31. The average molecular weight is 490 g/mol. The van der Waals surface area contributed by atoms with Crippen LogP contribution in [0.15, 0.2) is 42.7 Å². The fraction of sp³-hybridized carbons (Fsp3) is 0.348. The van der Waals surface area contributed by atoms with Crippen molar-refractivity contribution < 1.29 is 14.4 Å². The quantitative estimate of drug-likeness (QED) is 0.154. The molecule has 1 aliphatic carbocycles. The number of halogens is 1. The highest BCUT2D eigenvalue weighted by atomic mass is 19.1. The molecule has 4 aromatic heterocycles. The van der Waals surface area contributed by atoms with E-state index in [1.165, 1.54) is 25.1 Å². The second kappa shape index (κ2) is 8.98. The van der Waals surface area contributed by atoms with Gasteiger partial charge in [0, 0.05) is 49.1 Å². The lowest BCUT2D eigenvalue weighted by Gasteiger charge is -2.24. The fourth-order valence-corrected chi connectivity index (χ4v) is 4.65. The molecule has 0 bridgehead atoms. The molecular weight excluding hydrogens is 465 g/mol. The molecule has 0 unspecified atom stereocenters. The van der Waals surface area contributed by atoms with Crippen LogP contribution in [0.1, 0.15) is 36.4 Å². The van der Waals surface area contributed by atoms with E-state index in [1.807, 2.05) is 34.5 Å². The van der Waals surface area contributed by atoms with Gasteiger partial charge in [0.25, 0.3) is 0 Å². The molecule has 5 heterocycles. The molecular formula is C23H24FN11O. The summed E-state index contributed by atoms with van der Waals surface area (Å²) >= 11 is 0. The highest BCUT2D eigenvalue weighted by Gasteiger charge is 2.38. The molecule has 1 saturated heterocycles. The van der Waals surface area contributed by atoms with Gasteiger partial charge in [-0.2, -0.15) is 25.2 Å². The zero-order valence-corrected chi connectivity index (χ0v) is 19.2. The Kier molecular flexibility index (Phi) is 5.51. The summed E-state index contributed by atoms with van der Waals surface area (Å²) in [6.07, 6.45) is 6.01. The monoisotopic (exact) mass is 489 g/mol. The van der Waals surface area contributed by atoms with Crippen LogP contribution in [0.25, 0.3) is 11.0 Å². The number of pyridine rings is 1. The SMILES string of the molecule is [N-]=[NH+]N[C@H]1C[C@@H](C(=O)Cc2ccc(F)nc2)N(c2nc(Nc3cc(C4CC4)[nH]n3)c3cccn3n2)C1. The Hall–Kier alpha value is -4.42. The van der Waals surface area contributed by atoms with E-state index in [0.717, 1.165) is 11.2 Å². The second-order valence-corrected chi connectivity index (χ2v) is 9.20. The summed E-state index contributed by atoms with van der Waals surface area (Å²) in [7, 11) is 0. The van der Waals surface area contributed by atoms with Crippen LogP contribution in [-0.2, 0) is 11.2 Å².